The van der Waals surface area contributed by atoms with E-state index in [2.05, 4.69) is 0 Å². The number of benzene rings is 1. The molecule has 0 spiro atoms. The third-order valence-electron chi connectivity index (χ3n) is 1.87. The van der Waals surface area contributed by atoms with Crippen LogP contribution in [0.25, 0.3) is 0 Å². The second-order valence-corrected chi connectivity index (χ2v) is 3.01. The lowest BCUT2D eigenvalue weighted by molar-refractivity contribution is -0.137. The van der Waals surface area contributed by atoms with Gasteiger partial charge in [0, 0.05) is 0 Å². The number of hydrogen-bond acceptors (Lipinski definition) is 1. The van der Waals surface area contributed by atoms with Crippen molar-refractivity contribution in [1.82, 2.24) is 0 Å². The summed E-state index contributed by atoms with van der Waals surface area (Å²) >= 11 is 0. The minimum Gasteiger partial charge on any atom is -0.197 e. The van der Waals surface area contributed by atoms with Crippen LogP contribution in [0.3, 0.4) is 0 Å². The average Bonchev–Trinajstić information content (AvgIpc) is 2.07. The lowest BCUT2D eigenvalue weighted by Gasteiger charge is -2.13. The molecular weight excluding hydrogens is 191 g/mol. The predicted octanol–water partition coefficient (Wildman–Crippen LogP) is 3.16. The Morgan fingerprint density at radius 3 is 2.07 bits per heavy atom. The molecule has 1 nitrogen and oxygen atoms in total. The third-order valence-corrected chi connectivity index (χ3v) is 1.87. The largest absolute Gasteiger partial charge is 0.408 e. The molecule has 0 aliphatic rings. The number of rotatable bonds is 1. The van der Waals surface area contributed by atoms with Crippen LogP contribution in [-0.4, -0.2) is 6.18 Å². The molecule has 74 valence electrons. The molecule has 0 saturated carbocycles. The van der Waals surface area contributed by atoms with Crippen molar-refractivity contribution < 1.29 is 13.2 Å². The summed E-state index contributed by atoms with van der Waals surface area (Å²) in [6.07, 6.45) is -4.50. The Morgan fingerprint density at radius 2 is 1.71 bits per heavy atom. The van der Waals surface area contributed by atoms with Gasteiger partial charge in [0.25, 0.3) is 0 Å². The molecule has 4 heteroatoms. The molecule has 1 unspecified atom stereocenters. The molecule has 0 amide bonds. The number of nitrogens with zero attached hydrogens (tertiary/aromatic N) is 1. The molecular formula is C10H8F3N. The molecule has 0 radical (unpaired) electrons. The molecule has 1 aromatic carbocycles. The molecule has 0 saturated heterocycles. The van der Waals surface area contributed by atoms with Gasteiger partial charge in [-0.05, 0) is 12.5 Å². The normalized spacial score (nSPS) is 13.4. The quantitative estimate of drug-likeness (QED) is 0.681. The molecule has 1 aromatic rings. The summed E-state index contributed by atoms with van der Waals surface area (Å²) in [7, 11) is 0. The molecule has 0 N–H and O–H groups in total. The number of alkyl halides is 3. The van der Waals surface area contributed by atoms with Gasteiger partial charge in [-0.25, -0.2) is 0 Å². The first-order valence-corrected chi connectivity index (χ1v) is 3.98. The zero-order chi connectivity index (χ0) is 10.8. The maximum absolute atomic E-state index is 12.3. The predicted molar refractivity (Wildman–Crippen MR) is 45.6 cm³/mol. The Kier molecular flexibility index (Phi) is 2.80. The van der Waals surface area contributed by atoms with Gasteiger partial charge >= 0.3 is 6.18 Å². The second kappa shape index (κ2) is 3.70. The highest BCUT2D eigenvalue weighted by atomic mass is 19.4. The highest BCUT2D eigenvalue weighted by molar-refractivity contribution is 5.29. The number of nitriles is 1. The first kappa shape index (κ1) is 10.6. The summed E-state index contributed by atoms with van der Waals surface area (Å²) in [6, 6.07) is 7.03. The van der Waals surface area contributed by atoms with Crippen LogP contribution in [0, 0.1) is 18.3 Å². The van der Waals surface area contributed by atoms with Crippen molar-refractivity contribution in [3.05, 3.63) is 35.4 Å². The molecule has 1 atom stereocenters. The van der Waals surface area contributed by atoms with Gasteiger partial charge in [0.15, 0.2) is 5.92 Å². The molecule has 0 aliphatic carbocycles. The first-order chi connectivity index (χ1) is 6.45. The van der Waals surface area contributed by atoms with Crippen LogP contribution in [0.15, 0.2) is 24.3 Å². The van der Waals surface area contributed by atoms with Crippen LogP contribution in [0.1, 0.15) is 17.0 Å². The smallest absolute Gasteiger partial charge is 0.197 e. The van der Waals surface area contributed by atoms with Crippen molar-refractivity contribution in [3.8, 4) is 6.07 Å². The number of halogens is 3. The standard InChI is InChI=1S/C10H8F3N/c1-7-2-4-8(5-3-7)9(6-14)10(11,12)13/h2-5,9H,1H3. The fourth-order valence-corrected chi connectivity index (χ4v) is 1.10. The van der Waals surface area contributed by atoms with E-state index in [0.717, 1.165) is 5.56 Å². The highest BCUT2D eigenvalue weighted by Gasteiger charge is 2.40. The van der Waals surface area contributed by atoms with Crippen molar-refractivity contribution >= 4 is 0 Å². The van der Waals surface area contributed by atoms with E-state index in [-0.39, 0.29) is 5.56 Å². The summed E-state index contributed by atoms with van der Waals surface area (Å²) in [5, 5.41) is 8.41. The SMILES string of the molecule is Cc1ccc(C(C#N)C(F)(F)F)cc1. The van der Waals surface area contributed by atoms with E-state index in [1.54, 1.807) is 19.1 Å². The second-order valence-electron chi connectivity index (χ2n) is 3.01. The highest BCUT2D eigenvalue weighted by Crippen LogP contribution is 2.34. The van der Waals surface area contributed by atoms with Gasteiger partial charge in [-0.1, -0.05) is 29.8 Å². The zero-order valence-corrected chi connectivity index (χ0v) is 7.47. The Balaban J connectivity index is 3.04. The monoisotopic (exact) mass is 199 g/mol. The van der Waals surface area contributed by atoms with Crippen LogP contribution in [0.4, 0.5) is 13.2 Å². The molecule has 1 rings (SSSR count). The summed E-state index contributed by atoms with van der Waals surface area (Å²) < 4.78 is 36.9. The van der Waals surface area contributed by atoms with Crippen molar-refractivity contribution in [1.29, 1.82) is 5.26 Å². The van der Waals surface area contributed by atoms with Crippen LogP contribution in [-0.2, 0) is 0 Å². The maximum Gasteiger partial charge on any atom is 0.408 e. The van der Waals surface area contributed by atoms with E-state index < -0.39 is 12.1 Å². The summed E-state index contributed by atoms with van der Waals surface area (Å²) in [4.78, 5) is 0. The molecule has 0 heterocycles. The topological polar surface area (TPSA) is 23.8 Å². The lowest BCUT2D eigenvalue weighted by Crippen LogP contribution is -2.19. The van der Waals surface area contributed by atoms with E-state index in [1.807, 2.05) is 0 Å². The molecule has 14 heavy (non-hydrogen) atoms. The lowest BCUT2D eigenvalue weighted by atomic mass is 9.99. The van der Waals surface area contributed by atoms with E-state index in [0.29, 0.717) is 0 Å². The number of hydrogen-bond donors (Lipinski definition) is 0. The fraction of sp³-hybridized carbons (Fsp3) is 0.300. The van der Waals surface area contributed by atoms with Gasteiger partial charge < -0.3 is 0 Å². The zero-order valence-electron chi connectivity index (χ0n) is 7.47. The summed E-state index contributed by atoms with van der Waals surface area (Å²) in [5.41, 5.74) is 0.859. The van der Waals surface area contributed by atoms with Gasteiger partial charge in [0.1, 0.15) is 0 Å². The average molecular weight is 199 g/mol. The first-order valence-electron chi connectivity index (χ1n) is 3.98. The molecule has 0 aliphatic heterocycles. The van der Waals surface area contributed by atoms with Crippen LogP contribution in [0.5, 0.6) is 0 Å². The Labute approximate surface area is 79.8 Å². The van der Waals surface area contributed by atoms with Crippen molar-refractivity contribution in [2.24, 2.45) is 0 Å². The van der Waals surface area contributed by atoms with Gasteiger partial charge in [0.05, 0.1) is 6.07 Å². The Bertz CT molecular complexity index is 345. The van der Waals surface area contributed by atoms with Gasteiger partial charge in [-0.2, -0.15) is 18.4 Å². The van der Waals surface area contributed by atoms with E-state index >= 15 is 0 Å². The fourth-order valence-electron chi connectivity index (χ4n) is 1.10. The third kappa shape index (κ3) is 2.25. The maximum atomic E-state index is 12.3. The minimum atomic E-state index is -4.50. The van der Waals surface area contributed by atoms with Gasteiger partial charge in [0.2, 0.25) is 0 Å². The van der Waals surface area contributed by atoms with Crippen molar-refractivity contribution in [2.45, 2.75) is 19.0 Å². The van der Waals surface area contributed by atoms with Crippen LogP contribution < -0.4 is 0 Å². The molecule has 0 aromatic heterocycles. The number of aryl methyl sites for hydroxylation is 1. The van der Waals surface area contributed by atoms with Gasteiger partial charge in [-0.15, -0.1) is 0 Å². The van der Waals surface area contributed by atoms with Gasteiger partial charge in [-0.3, -0.25) is 0 Å². The Morgan fingerprint density at radius 1 is 1.21 bits per heavy atom. The van der Waals surface area contributed by atoms with Crippen LogP contribution in [0.2, 0.25) is 0 Å². The van der Waals surface area contributed by atoms with E-state index in [4.69, 9.17) is 5.26 Å². The van der Waals surface area contributed by atoms with Crippen molar-refractivity contribution in [3.63, 3.8) is 0 Å². The summed E-state index contributed by atoms with van der Waals surface area (Å²) in [6.45, 7) is 1.78. The van der Waals surface area contributed by atoms with E-state index in [9.17, 15) is 13.2 Å². The summed E-state index contributed by atoms with van der Waals surface area (Å²) in [5.74, 6) is -2.02. The van der Waals surface area contributed by atoms with Crippen LogP contribution >= 0.6 is 0 Å². The minimum absolute atomic E-state index is 0.00870. The molecule has 0 bridgehead atoms. The van der Waals surface area contributed by atoms with E-state index in [1.165, 1.54) is 18.2 Å². The Hall–Kier alpha value is -1.50. The van der Waals surface area contributed by atoms with Crippen molar-refractivity contribution in [2.75, 3.05) is 0 Å². The molecule has 0 fully saturated rings.